The first-order valence-electron chi connectivity index (χ1n) is 11.5. The van der Waals surface area contributed by atoms with Crippen LogP contribution in [0.25, 0.3) is 0 Å². The fourth-order valence-corrected chi connectivity index (χ4v) is 4.97. The number of anilines is 1. The largest absolute Gasteiger partial charge is 0.332 e. The van der Waals surface area contributed by atoms with E-state index in [4.69, 9.17) is 4.98 Å². The minimum Gasteiger partial charge on any atom is -0.325 e. The topological polar surface area (TPSA) is 58.4 Å². The first kappa shape index (κ1) is 20.4. The Balaban J connectivity index is 1.37. The molecule has 1 atom stereocenters. The molecular weight excluding hydrogens is 424 g/mol. The normalized spacial score (nSPS) is 17.1. The van der Waals surface area contributed by atoms with Gasteiger partial charge in [0.1, 0.15) is 11.9 Å². The Labute approximate surface area is 198 Å². The second kappa shape index (κ2) is 8.30. The van der Waals surface area contributed by atoms with Crippen LogP contribution in [0.4, 0.5) is 10.5 Å². The number of imide groups is 1. The van der Waals surface area contributed by atoms with Crippen LogP contribution >= 0.6 is 0 Å². The van der Waals surface area contributed by atoms with Gasteiger partial charge in [-0.3, -0.25) is 4.79 Å². The van der Waals surface area contributed by atoms with Gasteiger partial charge in [0, 0.05) is 19.4 Å². The molecule has 6 heteroatoms. The number of aromatic nitrogens is 2. The van der Waals surface area contributed by atoms with Crippen LogP contribution in [0, 0.1) is 0 Å². The van der Waals surface area contributed by atoms with Gasteiger partial charge >= 0.3 is 6.03 Å². The lowest BCUT2D eigenvalue weighted by Gasteiger charge is -2.27. The molecule has 0 saturated carbocycles. The van der Waals surface area contributed by atoms with E-state index in [9.17, 15) is 9.59 Å². The summed E-state index contributed by atoms with van der Waals surface area (Å²) < 4.78 is 2.23. The third kappa shape index (κ3) is 3.48. The molecule has 0 radical (unpaired) electrons. The highest BCUT2D eigenvalue weighted by molar-refractivity contribution is 6.21. The van der Waals surface area contributed by atoms with Crippen molar-refractivity contribution in [2.45, 2.75) is 32.0 Å². The predicted octanol–water partition coefficient (Wildman–Crippen LogP) is 4.42. The van der Waals surface area contributed by atoms with Crippen LogP contribution in [0.1, 0.15) is 28.3 Å². The Morgan fingerprint density at radius 3 is 2.09 bits per heavy atom. The van der Waals surface area contributed by atoms with E-state index < -0.39 is 6.04 Å². The number of carbonyl (C=O) groups is 2. The fraction of sp³-hybridized carbons (Fsp3) is 0.179. The zero-order valence-corrected chi connectivity index (χ0v) is 18.7. The Kier molecular flexibility index (Phi) is 4.99. The highest BCUT2D eigenvalue weighted by atomic mass is 16.2. The SMILES string of the molecule is O=C1C2Cc3nc(Cc4ccccc4)n(Cc4ccccc4)c3CN2C(=O)N1c1ccccc1. The quantitative estimate of drug-likeness (QED) is 0.425. The minimum absolute atomic E-state index is 0.177. The molecular formula is C28H24N4O2. The molecule has 3 amide bonds. The molecule has 0 aliphatic carbocycles. The molecule has 168 valence electrons. The zero-order valence-electron chi connectivity index (χ0n) is 18.7. The number of amides is 3. The average Bonchev–Trinajstić information content (AvgIpc) is 3.33. The van der Waals surface area contributed by atoms with E-state index in [0.717, 1.165) is 17.2 Å². The van der Waals surface area contributed by atoms with Gasteiger partial charge in [0.15, 0.2) is 0 Å². The van der Waals surface area contributed by atoms with Gasteiger partial charge < -0.3 is 9.47 Å². The molecule has 2 aliphatic heterocycles. The first-order chi connectivity index (χ1) is 16.7. The number of nitrogens with zero attached hydrogens (tertiary/aromatic N) is 4. The van der Waals surface area contributed by atoms with Crippen molar-refractivity contribution in [3.05, 3.63) is 119 Å². The number of benzene rings is 3. The molecule has 2 aliphatic rings. The number of hydrogen-bond acceptors (Lipinski definition) is 3. The van der Waals surface area contributed by atoms with E-state index in [1.165, 1.54) is 16.0 Å². The number of fused-ring (bicyclic) bond motifs is 2. The smallest absolute Gasteiger partial charge is 0.325 e. The predicted molar refractivity (Wildman–Crippen MR) is 129 cm³/mol. The lowest BCUT2D eigenvalue weighted by molar-refractivity contribution is -0.120. The van der Waals surface area contributed by atoms with Crippen LogP contribution in [-0.4, -0.2) is 32.4 Å². The summed E-state index contributed by atoms with van der Waals surface area (Å²) in [7, 11) is 0. The summed E-state index contributed by atoms with van der Waals surface area (Å²) in [4.78, 5) is 34.6. The van der Waals surface area contributed by atoms with Gasteiger partial charge in [-0.15, -0.1) is 0 Å². The minimum atomic E-state index is -0.509. The van der Waals surface area contributed by atoms with E-state index in [2.05, 4.69) is 28.8 Å². The highest BCUT2D eigenvalue weighted by Gasteiger charge is 2.49. The van der Waals surface area contributed by atoms with Crippen LogP contribution < -0.4 is 4.90 Å². The molecule has 0 spiro atoms. The summed E-state index contributed by atoms with van der Waals surface area (Å²) in [6.45, 7) is 1.05. The molecule has 34 heavy (non-hydrogen) atoms. The van der Waals surface area contributed by atoms with Crippen molar-refractivity contribution in [1.82, 2.24) is 14.5 Å². The molecule has 6 rings (SSSR count). The molecule has 0 N–H and O–H groups in total. The van der Waals surface area contributed by atoms with Crippen LogP contribution in [0.3, 0.4) is 0 Å². The van der Waals surface area contributed by atoms with E-state index in [0.29, 0.717) is 31.6 Å². The van der Waals surface area contributed by atoms with E-state index in [1.807, 2.05) is 54.6 Å². The highest BCUT2D eigenvalue weighted by Crippen LogP contribution is 2.34. The van der Waals surface area contributed by atoms with Gasteiger partial charge in [0.05, 0.1) is 23.6 Å². The van der Waals surface area contributed by atoms with Crippen molar-refractivity contribution in [2.75, 3.05) is 4.90 Å². The molecule has 3 heterocycles. The molecule has 1 unspecified atom stereocenters. The van der Waals surface area contributed by atoms with E-state index >= 15 is 0 Å². The molecule has 1 aromatic heterocycles. The third-order valence-electron chi connectivity index (χ3n) is 6.66. The van der Waals surface area contributed by atoms with Gasteiger partial charge in [-0.2, -0.15) is 0 Å². The summed E-state index contributed by atoms with van der Waals surface area (Å²) in [5.41, 5.74) is 4.90. The van der Waals surface area contributed by atoms with Gasteiger partial charge in [-0.1, -0.05) is 78.9 Å². The summed E-state index contributed by atoms with van der Waals surface area (Å²) in [5.74, 6) is 0.783. The summed E-state index contributed by atoms with van der Waals surface area (Å²) >= 11 is 0. The third-order valence-corrected chi connectivity index (χ3v) is 6.66. The Bertz CT molecular complexity index is 1350. The van der Waals surface area contributed by atoms with Crippen LogP contribution in [-0.2, 0) is 30.7 Å². The van der Waals surface area contributed by atoms with Crippen molar-refractivity contribution >= 4 is 17.6 Å². The Morgan fingerprint density at radius 2 is 1.41 bits per heavy atom. The van der Waals surface area contributed by atoms with Gasteiger partial charge in [-0.25, -0.2) is 14.7 Å². The van der Waals surface area contributed by atoms with Crippen LogP contribution in [0.2, 0.25) is 0 Å². The number of imidazole rings is 1. The number of rotatable bonds is 5. The molecule has 0 bridgehead atoms. The summed E-state index contributed by atoms with van der Waals surface area (Å²) in [6.07, 6.45) is 1.14. The monoisotopic (exact) mass is 448 g/mol. The number of para-hydroxylation sites is 1. The van der Waals surface area contributed by atoms with Gasteiger partial charge in [0.2, 0.25) is 0 Å². The number of hydrogen-bond donors (Lipinski definition) is 0. The second-order valence-electron chi connectivity index (χ2n) is 8.80. The number of carbonyl (C=O) groups excluding carboxylic acids is 2. The maximum atomic E-state index is 13.3. The van der Waals surface area contributed by atoms with Gasteiger partial charge in [-0.05, 0) is 23.3 Å². The maximum Gasteiger partial charge on any atom is 0.332 e. The lowest BCUT2D eigenvalue weighted by Crippen LogP contribution is -2.40. The Morgan fingerprint density at radius 1 is 0.794 bits per heavy atom. The van der Waals surface area contributed by atoms with Crippen molar-refractivity contribution < 1.29 is 9.59 Å². The molecule has 3 aromatic carbocycles. The molecule has 4 aromatic rings. The molecule has 6 nitrogen and oxygen atoms in total. The molecule has 1 fully saturated rings. The van der Waals surface area contributed by atoms with Crippen LogP contribution in [0.5, 0.6) is 0 Å². The van der Waals surface area contributed by atoms with Crippen molar-refractivity contribution in [3.8, 4) is 0 Å². The maximum absolute atomic E-state index is 13.3. The Hall–Kier alpha value is -4.19. The second-order valence-corrected chi connectivity index (χ2v) is 8.80. The standard InChI is InChI=1S/C28H24N4O2/c33-27-24-17-23-25(19-31(24)28(34)32(27)22-14-8-3-9-15-22)30(18-21-12-6-2-7-13-21)26(29-23)16-20-10-4-1-5-11-20/h1-15,24H,16-19H2. The summed E-state index contributed by atoms with van der Waals surface area (Å²) in [6, 6.07) is 28.9. The lowest BCUT2D eigenvalue weighted by atomic mass is 10.0. The number of urea groups is 1. The first-order valence-corrected chi connectivity index (χ1v) is 11.5. The average molecular weight is 449 g/mol. The van der Waals surface area contributed by atoms with Crippen LogP contribution in [0.15, 0.2) is 91.0 Å². The molecule has 1 saturated heterocycles. The fourth-order valence-electron chi connectivity index (χ4n) is 4.97. The zero-order chi connectivity index (χ0) is 23.1. The van der Waals surface area contributed by atoms with Gasteiger partial charge in [0.25, 0.3) is 5.91 Å². The van der Waals surface area contributed by atoms with Crippen molar-refractivity contribution in [2.24, 2.45) is 0 Å². The van der Waals surface area contributed by atoms with E-state index in [-0.39, 0.29) is 11.9 Å². The van der Waals surface area contributed by atoms with Crippen molar-refractivity contribution in [3.63, 3.8) is 0 Å². The summed E-state index contributed by atoms with van der Waals surface area (Å²) in [5, 5.41) is 0. The van der Waals surface area contributed by atoms with E-state index in [1.54, 1.807) is 17.0 Å². The van der Waals surface area contributed by atoms with Crippen molar-refractivity contribution in [1.29, 1.82) is 0 Å².